The molecule has 1 amide bonds. The molecule has 0 spiro atoms. The van der Waals surface area contributed by atoms with E-state index in [-0.39, 0.29) is 0 Å². The van der Waals surface area contributed by atoms with E-state index in [4.69, 9.17) is 9.47 Å². The number of rotatable bonds is 6. The van der Waals surface area contributed by atoms with Gasteiger partial charge in [0.25, 0.3) is 0 Å². The Labute approximate surface area is 159 Å². The standard InChI is InChI=1S/C19H27N3O3S/c1-7-8-9-24-15-10-14(11-20-12-15)16-21-13(2)17(26-16)22(6)18(23)25-19(3,4)5/h10-12H,7-9H2,1-6H3. The minimum absolute atomic E-state index is 0.398. The van der Waals surface area contributed by atoms with E-state index in [0.29, 0.717) is 6.61 Å². The van der Waals surface area contributed by atoms with Gasteiger partial charge in [0.2, 0.25) is 0 Å². The van der Waals surface area contributed by atoms with Crippen LogP contribution in [0.4, 0.5) is 9.80 Å². The summed E-state index contributed by atoms with van der Waals surface area (Å²) in [5.41, 5.74) is 1.10. The quantitative estimate of drug-likeness (QED) is 0.658. The van der Waals surface area contributed by atoms with Gasteiger partial charge in [0, 0.05) is 18.8 Å². The Balaban J connectivity index is 2.19. The van der Waals surface area contributed by atoms with Crippen LogP contribution in [0.1, 0.15) is 46.2 Å². The van der Waals surface area contributed by atoms with Crippen LogP contribution >= 0.6 is 11.3 Å². The molecule has 0 saturated heterocycles. The van der Waals surface area contributed by atoms with Gasteiger partial charge in [-0.1, -0.05) is 24.7 Å². The number of hydrogen-bond donors (Lipinski definition) is 0. The highest BCUT2D eigenvalue weighted by Crippen LogP contribution is 2.35. The van der Waals surface area contributed by atoms with Gasteiger partial charge < -0.3 is 9.47 Å². The molecular formula is C19H27N3O3S. The molecular weight excluding hydrogens is 350 g/mol. The number of carbonyl (C=O) groups is 1. The summed E-state index contributed by atoms with van der Waals surface area (Å²) in [6.45, 7) is 10.2. The molecule has 0 bridgehead atoms. The first-order chi connectivity index (χ1) is 12.2. The fourth-order valence-corrected chi connectivity index (χ4v) is 3.19. The molecule has 7 heteroatoms. The Hall–Kier alpha value is -2.15. The zero-order valence-corrected chi connectivity index (χ0v) is 17.1. The van der Waals surface area contributed by atoms with Gasteiger partial charge in [-0.3, -0.25) is 9.88 Å². The highest BCUT2D eigenvalue weighted by atomic mass is 32.1. The second-order valence-corrected chi connectivity index (χ2v) is 8.04. The molecule has 0 fully saturated rings. The molecule has 0 unspecified atom stereocenters. The van der Waals surface area contributed by atoms with Crippen LogP contribution in [0.3, 0.4) is 0 Å². The molecule has 6 nitrogen and oxygen atoms in total. The van der Waals surface area contributed by atoms with Gasteiger partial charge in [-0.25, -0.2) is 9.78 Å². The molecule has 0 radical (unpaired) electrons. The van der Waals surface area contributed by atoms with Crippen molar-refractivity contribution in [2.45, 2.75) is 53.1 Å². The van der Waals surface area contributed by atoms with Gasteiger partial charge in [0.15, 0.2) is 0 Å². The number of ether oxygens (including phenoxy) is 2. The SMILES string of the molecule is CCCCOc1cncc(-c2nc(C)c(N(C)C(=O)OC(C)(C)C)s2)c1. The average Bonchev–Trinajstić information content (AvgIpc) is 2.95. The number of aryl methyl sites for hydroxylation is 1. The molecule has 0 aliphatic rings. The number of aromatic nitrogens is 2. The van der Waals surface area contributed by atoms with E-state index in [9.17, 15) is 4.79 Å². The molecule has 0 saturated carbocycles. The predicted octanol–water partition coefficient (Wildman–Crippen LogP) is 5.06. The highest BCUT2D eigenvalue weighted by Gasteiger charge is 2.24. The maximum Gasteiger partial charge on any atom is 0.415 e. The first kappa shape index (κ1) is 20.2. The zero-order chi connectivity index (χ0) is 19.3. The first-order valence-electron chi connectivity index (χ1n) is 8.73. The van der Waals surface area contributed by atoms with Crippen molar-refractivity contribution in [3.05, 3.63) is 24.2 Å². The van der Waals surface area contributed by atoms with Gasteiger partial charge >= 0.3 is 6.09 Å². The summed E-state index contributed by atoms with van der Waals surface area (Å²) in [4.78, 5) is 22.6. The molecule has 26 heavy (non-hydrogen) atoms. The van der Waals surface area contributed by atoms with Crippen molar-refractivity contribution in [1.29, 1.82) is 0 Å². The summed E-state index contributed by atoms with van der Waals surface area (Å²) in [7, 11) is 1.70. The Kier molecular flexibility index (Phi) is 6.58. The van der Waals surface area contributed by atoms with E-state index in [0.717, 1.165) is 39.9 Å². The van der Waals surface area contributed by atoms with E-state index < -0.39 is 11.7 Å². The van der Waals surface area contributed by atoms with Crippen LogP contribution in [0.15, 0.2) is 18.5 Å². The van der Waals surface area contributed by atoms with Crippen LogP contribution in [0.5, 0.6) is 5.75 Å². The first-order valence-corrected chi connectivity index (χ1v) is 9.55. The Bertz CT molecular complexity index is 753. The van der Waals surface area contributed by atoms with E-state index in [1.807, 2.05) is 33.8 Å². The summed E-state index contributed by atoms with van der Waals surface area (Å²) in [5, 5.41) is 1.55. The number of pyridine rings is 1. The van der Waals surface area contributed by atoms with Crippen molar-refractivity contribution in [2.75, 3.05) is 18.6 Å². The van der Waals surface area contributed by atoms with Crippen molar-refractivity contribution in [3.8, 4) is 16.3 Å². The average molecular weight is 378 g/mol. The summed E-state index contributed by atoms with van der Waals surface area (Å²) in [5.74, 6) is 0.728. The number of unbranched alkanes of at least 4 members (excludes halogenated alkanes) is 1. The number of carbonyl (C=O) groups excluding carboxylic acids is 1. The van der Waals surface area contributed by atoms with E-state index in [1.165, 1.54) is 16.2 Å². The van der Waals surface area contributed by atoms with Gasteiger partial charge in [-0.15, -0.1) is 0 Å². The fourth-order valence-electron chi connectivity index (χ4n) is 2.19. The highest BCUT2D eigenvalue weighted by molar-refractivity contribution is 7.19. The normalized spacial score (nSPS) is 11.3. The maximum atomic E-state index is 12.3. The second-order valence-electron chi connectivity index (χ2n) is 7.06. The topological polar surface area (TPSA) is 64.6 Å². The van der Waals surface area contributed by atoms with Gasteiger partial charge in [-0.2, -0.15) is 0 Å². The van der Waals surface area contributed by atoms with Gasteiger partial charge in [-0.05, 0) is 40.2 Å². The molecule has 0 aliphatic carbocycles. The second kappa shape index (κ2) is 8.49. The van der Waals surface area contributed by atoms with Crippen molar-refractivity contribution in [2.24, 2.45) is 0 Å². The molecule has 0 aliphatic heterocycles. The number of anilines is 1. The number of amides is 1. The minimum Gasteiger partial charge on any atom is -0.492 e. The summed E-state index contributed by atoms with van der Waals surface area (Å²) < 4.78 is 11.1. The lowest BCUT2D eigenvalue weighted by molar-refractivity contribution is 0.0590. The molecule has 2 aromatic rings. The van der Waals surface area contributed by atoms with Gasteiger partial charge in [0.05, 0.1) is 18.5 Å². The number of thiazole rings is 1. The van der Waals surface area contributed by atoms with Crippen molar-refractivity contribution < 1.29 is 14.3 Å². The van der Waals surface area contributed by atoms with E-state index in [2.05, 4.69) is 16.9 Å². The Morgan fingerprint density at radius 3 is 2.69 bits per heavy atom. The van der Waals surface area contributed by atoms with E-state index >= 15 is 0 Å². The van der Waals surface area contributed by atoms with Crippen LogP contribution in [-0.2, 0) is 4.74 Å². The van der Waals surface area contributed by atoms with Crippen LogP contribution in [-0.4, -0.2) is 35.3 Å². The molecule has 0 atom stereocenters. The van der Waals surface area contributed by atoms with Crippen molar-refractivity contribution >= 4 is 22.4 Å². The lowest BCUT2D eigenvalue weighted by Crippen LogP contribution is -2.34. The lowest BCUT2D eigenvalue weighted by atomic mass is 10.2. The zero-order valence-electron chi connectivity index (χ0n) is 16.3. The summed E-state index contributed by atoms with van der Waals surface area (Å²) >= 11 is 1.43. The minimum atomic E-state index is -0.541. The molecule has 142 valence electrons. The third-order valence-electron chi connectivity index (χ3n) is 3.47. The smallest absolute Gasteiger partial charge is 0.415 e. The third kappa shape index (κ3) is 5.42. The molecule has 0 aromatic carbocycles. The molecule has 2 aromatic heterocycles. The predicted molar refractivity (Wildman–Crippen MR) is 105 cm³/mol. The van der Waals surface area contributed by atoms with Crippen LogP contribution in [0.25, 0.3) is 10.6 Å². The van der Waals surface area contributed by atoms with Gasteiger partial charge in [0.1, 0.15) is 21.4 Å². The molecule has 2 rings (SSSR count). The summed E-state index contributed by atoms with van der Waals surface area (Å²) in [6.07, 6.45) is 5.14. The largest absolute Gasteiger partial charge is 0.492 e. The number of hydrogen-bond acceptors (Lipinski definition) is 6. The maximum absolute atomic E-state index is 12.3. The Morgan fingerprint density at radius 1 is 1.31 bits per heavy atom. The van der Waals surface area contributed by atoms with Crippen molar-refractivity contribution in [3.63, 3.8) is 0 Å². The summed E-state index contributed by atoms with van der Waals surface area (Å²) in [6, 6.07) is 1.93. The monoisotopic (exact) mass is 377 g/mol. The molecule has 0 N–H and O–H groups in total. The third-order valence-corrected chi connectivity index (χ3v) is 4.75. The van der Waals surface area contributed by atoms with Crippen LogP contribution in [0.2, 0.25) is 0 Å². The van der Waals surface area contributed by atoms with Crippen molar-refractivity contribution in [1.82, 2.24) is 9.97 Å². The van der Waals surface area contributed by atoms with Crippen LogP contribution in [0, 0.1) is 6.92 Å². The molecule has 2 heterocycles. The lowest BCUT2D eigenvalue weighted by Gasteiger charge is -2.23. The van der Waals surface area contributed by atoms with E-state index in [1.54, 1.807) is 19.4 Å². The fraction of sp³-hybridized carbons (Fsp3) is 0.526. The van der Waals surface area contributed by atoms with Crippen LogP contribution < -0.4 is 9.64 Å². The number of nitrogens with zero attached hydrogens (tertiary/aromatic N) is 3. The Morgan fingerprint density at radius 2 is 2.04 bits per heavy atom.